The van der Waals surface area contributed by atoms with Gasteiger partial charge in [0, 0.05) is 28.7 Å². The molecule has 3 aromatic carbocycles. The molecular formula is C40H51N2+. The van der Waals surface area contributed by atoms with Gasteiger partial charge in [0.05, 0.1) is 5.39 Å². The van der Waals surface area contributed by atoms with E-state index in [1.165, 1.54) is 66.5 Å². The number of pyridine rings is 1. The first-order valence-corrected chi connectivity index (χ1v) is 16.4. The lowest BCUT2D eigenvalue weighted by atomic mass is 9.67. The fourth-order valence-electron chi connectivity index (χ4n) is 8.55. The minimum Gasteiger partial charge on any atom is -0.223 e. The van der Waals surface area contributed by atoms with E-state index in [0.29, 0.717) is 17.9 Å². The number of hydrogen-bond acceptors (Lipinski definition) is 0. The second-order valence-corrected chi connectivity index (χ2v) is 14.9. The van der Waals surface area contributed by atoms with Gasteiger partial charge in [0.2, 0.25) is 0 Å². The fraction of sp³-hybridized carbons (Fsp3) is 0.475. The first-order valence-electron chi connectivity index (χ1n) is 16.4. The molecular weight excluding hydrogens is 508 g/mol. The summed E-state index contributed by atoms with van der Waals surface area (Å²) in [6.07, 6.45) is 3.33. The second kappa shape index (κ2) is 9.97. The Morgan fingerprint density at radius 3 is 2.05 bits per heavy atom. The minimum absolute atomic E-state index is 0.0934. The van der Waals surface area contributed by atoms with Crippen LogP contribution in [0.25, 0.3) is 38.6 Å². The Bertz CT molecular complexity index is 1810. The summed E-state index contributed by atoms with van der Waals surface area (Å²) in [4.78, 5) is 0. The Hall–Kier alpha value is -3.13. The third-order valence-corrected chi connectivity index (χ3v) is 10.6. The van der Waals surface area contributed by atoms with Gasteiger partial charge in [0.25, 0.3) is 5.65 Å². The molecule has 0 aliphatic carbocycles. The summed E-state index contributed by atoms with van der Waals surface area (Å²) in [6, 6.07) is 21.9. The van der Waals surface area contributed by atoms with E-state index in [-0.39, 0.29) is 10.8 Å². The Morgan fingerprint density at radius 2 is 1.48 bits per heavy atom. The zero-order valence-electron chi connectivity index (χ0n) is 27.9. The number of aromatic nitrogens is 2. The van der Waals surface area contributed by atoms with Crippen LogP contribution < -0.4 is 4.40 Å². The van der Waals surface area contributed by atoms with Gasteiger partial charge < -0.3 is 0 Å². The highest BCUT2D eigenvalue weighted by molar-refractivity contribution is 6.12. The molecule has 1 unspecified atom stereocenters. The molecule has 0 fully saturated rings. The second-order valence-electron chi connectivity index (χ2n) is 14.9. The van der Waals surface area contributed by atoms with Gasteiger partial charge in [-0.25, -0.2) is 4.57 Å². The van der Waals surface area contributed by atoms with Crippen LogP contribution in [0.2, 0.25) is 0 Å². The van der Waals surface area contributed by atoms with Crippen molar-refractivity contribution in [2.45, 2.75) is 119 Å². The van der Waals surface area contributed by atoms with Gasteiger partial charge in [0.1, 0.15) is 17.3 Å². The predicted molar refractivity (Wildman–Crippen MR) is 181 cm³/mol. The molecule has 220 valence electrons. The fourth-order valence-corrected chi connectivity index (χ4v) is 8.55. The summed E-state index contributed by atoms with van der Waals surface area (Å²) >= 11 is 0. The summed E-state index contributed by atoms with van der Waals surface area (Å²) in [6.45, 7) is 26.1. The van der Waals surface area contributed by atoms with Crippen molar-refractivity contribution < 1.29 is 4.40 Å². The Labute approximate surface area is 253 Å². The van der Waals surface area contributed by atoms with Gasteiger partial charge in [-0.15, -0.1) is 0 Å². The molecule has 2 nitrogen and oxygen atoms in total. The average Bonchev–Trinajstić information content (AvgIpc) is 3.24. The number of benzene rings is 3. The topological polar surface area (TPSA) is 9.03 Å². The first-order chi connectivity index (χ1) is 19.9. The van der Waals surface area contributed by atoms with E-state index in [4.69, 9.17) is 0 Å². The van der Waals surface area contributed by atoms with E-state index < -0.39 is 0 Å². The van der Waals surface area contributed by atoms with Crippen molar-refractivity contribution in [3.63, 3.8) is 0 Å². The zero-order valence-corrected chi connectivity index (χ0v) is 27.9. The van der Waals surface area contributed by atoms with Crippen molar-refractivity contribution in [2.75, 3.05) is 0 Å². The van der Waals surface area contributed by atoms with Gasteiger partial charge in [-0.3, -0.25) is 0 Å². The maximum absolute atomic E-state index is 2.74. The van der Waals surface area contributed by atoms with E-state index in [1.54, 1.807) is 0 Å². The van der Waals surface area contributed by atoms with Gasteiger partial charge in [-0.2, -0.15) is 4.40 Å². The van der Waals surface area contributed by atoms with Crippen molar-refractivity contribution in [1.29, 1.82) is 0 Å². The quantitative estimate of drug-likeness (QED) is 0.144. The summed E-state index contributed by atoms with van der Waals surface area (Å²) < 4.78 is 5.41. The zero-order chi connectivity index (χ0) is 30.3. The maximum atomic E-state index is 2.74. The number of imidazole rings is 1. The molecule has 2 aromatic heterocycles. The SMILES string of the molecule is CCC1(CC)c2cccc3c4cc(CC(C)(C)C)ccc4[n+]4c(-c5c(C(C)C)cccc5C(C)C)c(C)n(c4c23)C1C. The third kappa shape index (κ3) is 4.00. The van der Waals surface area contributed by atoms with E-state index in [1.807, 2.05) is 0 Å². The number of nitrogens with zero attached hydrogens (tertiary/aromatic N) is 2. The highest BCUT2D eigenvalue weighted by Gasteiger charge is 2.48. The summed E-state index contributed by atoms with van der Waals surface area (Å²) in [5.41, 5.74) is 13.1. The van der Waals surface area contributed by atoms with Crippen LogP contribution in [0.15, 0.2) is 54.6 Å². The molecule has 1 aliphatic heterocycles. The molecule has 2 heteroatoms. The van der Waals surface area contributed by atoms with Crippen LogP contribution in [0.3, 0.4) is 0 Å². The predicted octanol–water partition coefficient (Wildman–Crippen LogP) is 11.0. The van der Waals surface area contributed by atoms with Crippen LogP contribution in [0.1, 0.15) is 128 Å². The molecule has 0 bridgehead atoms. The van der Waals surface area contributed by atoms with Crippen LogP contribution in [-0.4, -0.2) is 4.57 Å². The third-order valence-electron chi connectivity index (χ3n) is 10.6. The van der Waals surface area contributed by atoms with Crippen molar-refractivity contribution in [3.05, 3.63) is 82.5 Å². The molecule has 1 aliphatic rings. The molecule has 0 spiro atoms. The first kappa shape index (κ1) is 29.0. The summed E-state index contributed by atoms with van der Waals surface area (Å²) in [5, 5.41) is 4.25. The van der Waals surface area contributed by atoms with Gasteiger partial charge in [-0.1, -0.05) is 105 Å². The van der Waals surface area contributed by atoms with Crippen LogP contribution in [0, 0.1) is 12.3 Å². The number of rotatable bonds is 6. The molecule has 0 saturated carbocycles. The van der Waals surface area contributed by atoms with Crippen LogP contribution in [-0.2, 0) is 11.8 Å². The van der Waals surface area contributed by atoms with E-state index in [0.717, 1.165) is 19.3 Å². The summed E-state index contributed by atoms with van der Waals surface area (Å²) in [5.74, 6) is 0.872. The van der Waals surface area contributed by atoms with E-state index in [9.17, 15) is 0 Å². The van der Waals surface area contributed by atoms with Gasteiger partial charge in [-0.05, 0) is 77.8 Å². The molecule has 0 amide bonds. The molecule has 0 radical (unpaired) electrons. The van der Waals surface area contributed by atoms with E-state index in [2.05, 4.69) is 140 Å². The number of hydrogen-bond donors (Lipinski definition) is 0. The average molecular weight is 560 g/mol. The molecule has 6 rings (SSSR count). The Morgan fingerprint density at radius 1 is 0.857 bits per heavy atom. The summed E-state index contributed by atoms with van der Waals surface area (Å²) in [7, 11) is 0. The highest BCUT2D eigenvalue weighted by Crippen LogP contribution is 2.52. The monoisotopic (exact) mass is 559 g/mol. The van der Waals surface area contributed by atoms with E-state index >= 15 is 0 Å². The Kier molecular flexibility index (Phi) is 6.87. The highest BCUT2D eigenvalue weighted by atomic mass is 15.2. The largest absolute Gasteiger partial charge is 0.296 e. The molecule has 1 atom stereocenters. The molecule has 3 heterocycles. The van der Waals surface area contributed by atoms with Crippen LogP contribution in [0.5, 0.6) is 0 Å². The lowest BCUT2D eigenvalue weighted by Crippen LogP contribution is -2.39. The van der Waals surface area contributed by atoms with Gasteiger partial charge in [0.15, 0.2) is 5.69 Å². The van der Waals surface area contributed by atoms with Crippen molar-refractivity contribution in [3.8, 4) is 11.3 Å². The minimum atomic E-state index is 0.0934. The molecule has 0 saturated heterocycles. The van der Waals surface area contributed by atoms with Crippen molar-refractivity contribution in [2.24, 2.45) is 5.41 Å². The lowest BCUT2D eigenvalue weighted by molar-refractivity contribution is -0.467. The number of fused-ring (bicyclic) bond motifs is 3. The molecule has 0 N–H and O–H groups in total. The van der Waals surface area contributed by atoms with Crippen LogP contribution >= 0.6 is 0 Å². The molecule has 5 aromatic rings. The standard InChI is InChI=1S/C40H51N2/c1-12-40(13-2)27(8)41-26(7)37(35-29(24(3)4)16-14-17-30(35)25(5)6)42-34-21-20-28(23-39(9,10)11)22-32(34)31-18-15-19-33(40)36(31)38(41)42/h14-22,24-25,27H,12-13,23H2,1-11H3/q+1. The van der Waals surface area contributed by atoms with Crippen LogP contribution in [0.4, 0.5) is 0 Å². The van der Waals surface area contributed by atoms with Crippen molar-refractivity contribution in [1.82, 2.24) is 4.57 Å². The van der Waals surface area contributed by atoms with Crippen molar-refractivity contribution >= 4 is 27.3 Å². The smallest absolute Gasteiger partial charge is 0.223 e. The normalized spacial score (nSPS) is 16.6. The van der Waals surface area contributed by atoms with Gasteiger partial charge >= 0.3 is 0 Å². The Balaban J connectivity index is 1.91. The molecule has 42 heavy (non-hydrogen) atoms. The lowest BCUT2D eigenvalue weighted by Gasteiger charge is -2.40. The maximum Gasteiger partial charge on any atom is 0.296 e.